The molecule has 2 aromatic carbocycles. The second-order valence-corrected chi connectivity index (χ2v) is 6.75. The lowest BCUT2D eigenvalue weighted by molar-refractivity contribution is 0.100. The van der Waals surface area contributed by atoms with E-state index >= 15 is 0 Å². The molecule has 0 aliphatic heterocycles. The first-order chi connectivity index (χ1) is 12.5. The summed E-state index contributed by atoms with van der Waals surface area (Å²) in [5.41, 5.74) is 3.62. The van der Waals surface area contributed by atoms with Crippen LogP contribution in [-0.2, 0) is 6.54 Å². The van der Waals surface area contributed by atoms with Gasteiger partial charge in [-0.25, -0.2) is 0 Å². The Bertz CT molecular complexity index is 909. The molecule has 0 bridgehead atoms. The van der Waals surface area contributed by atoms with Crippen LogP contribution in [0.15, 0.2) is 36.4 Å². The summed E-state index contributed by atoms with van der Waals surface area (Å²) >= 11 is 0. The van der Waals surface area contributed by atoms with Gasteiger partial charge in [0.1, 0.15) is 0 Å². The highest BCUT2D eigenvalue weighted by Crippen LogP contribution is 2.31. The summed E-state index contributed by atoms with van der Waals surface area (Å²) in [5, 5.41) is 2.07. The number of hydrogen-bond acceptors (Lipinski definition) is 3. The van der Waals surface area contributed by atoms with Gasteiger partial charge in [-0.1, -0.05) is 13.8 Å². The quantitative estimate of drug-likeness (QED) is 0.588. The van der Waals surface area contributed by atoms with Gasteiger partial charge in [0.15, 0.2) is 11.6 Å². The van der Waals surface area contributed by atoms with E-state index in [9.17, 15) is 9.59 Å². The minimum atomic E-state index is 0.0543. The largest absolute Gasteiger partial charge is 0.339 e. The van der Waals surface area contributed by atoms with Gasteiger partial charge in [-0.2, -0.15) is 0 Å². The third kappa shape index (κ3) is 3.29. The maximum atomic E-state index is 11.8. The summed E-state index contributed by atoms with van der Waals surface area (Å²) in [7, 11) is 0. The van der Waals surface area contributed by atoms with Crippen molar-refractivity contribution < 1.29 is 9.59 Å². The lowest BCUT2D eigenvalue weighted by atomic mass is 10.0. The number of ketones is 2. The molecule has 0 N–H and O–H groups in total. The highest BCUT2D eigenvalue weighted by molar-refractivity contribution is 6.12. The van der Waals surface area contributed by atoms with Crippen molar-refractivity contribution in [2.45, 2.75) is 34.2 Å². The Hall–Kier alpha value is -2.46. The van der Waals surface area contributed by atoms with Crippen LogP contribution in [0.3, 0.4) is 0 Å². The van der Waals surface area contributed by atoms with Gasteiger partial charge in [0.2, 0.25) is 0 Å². The zero-order valence-corrected chi connectivity index (χ0v) is 16.0. The van der Waals surface area contributed by atoms with E-state index in [0.29, 0.717) is 11.1 Å². The van der Waals surface area contributed by atoms with Crippen LogP contribution in [0.4, 0.5) is 0 Å². The molecule has 0 spiro atoms. The van der Waals surface area contributed by atoms with Crippen LogP contribution in [0.1, 0.15) is 48.4 Å². The fourth-order valence-corrected chi connectivity index (χ4v) is 3.56. The minimum absolute atomic E-state index is 0.0543. The van der Waals surface area contributed by atoms with Crippen molar-refractivity contribution in [3.05, 3.63) is 47.5 Å². The molecule has 0 amide bonds. The number of fused-ring (bicyclic) bond motifs is 3. The summed E-state index contributed by atoms with van der Waals surface area (Å²) in [6, 6.07) is 11.8. The van der Waals surface area contributed by atoms with E-state index in [1.165, 1.54) is 0 Å². The Morgan fingerprint density at radius 3 is 1.69 bits per heavy atom. The first kappa shape index (κ1) is 18.3. The van der Waals surface area contributed by atoms with Crippen molar-refractivity contribution >= 4 is 33.4 Å². The van der Waals surface area contributed by atoms with Crippen LogP contribution in [0.2, 0.25) is 0 Å². The Balaban J connectivity index is 2.21. The minimum Gasteiger partial charge on any atom is -0.339 e. The molecule has 0 fully saturated rings. The van der Waals surface area contributed by atoms with E-state index < -0.39 is 0 Å². The number of aromatic nitrogens is 1. The highest BCUT2D eigenvalue weighted by Gasteiger charge is 2.14. The highest BCUT2D eigenvalue weighted by atomic mass is 16.1. The zero-order chi connectivity index (χ0) is 18.8. The van der Waals surface area contributed by atoms with Crippen molar-refractivity contribution in [2.24, 2.45) is 0 Å². The maximum absolute atomic E-state index is 11.8. The number of hydrogen-bond donors (Lipinski definition) is 0. The Kier molecular flexibility index (Phi) is 5.23. The lowest BCUT2D eigenvalue weighted by Gasteiger charge is -2.19. The summed E-state index contributed by atoms with van der Waals surface area (Å²) in [6.45, 7) is 11.4. The van der Waals surface area contributed by atoms with Gasteiger partial charge in [-0.15, -0.1) is 0 Å². The van der Waals surface area contributed by atoms with E-state index in [-0.39, 0.29) is 11.6 Å². The SMILES string of the molecule is CCN(CC)CCn1c2ccc(C(C)=O)cc2c2cc(C(C)=O)ccc21. The van der Waals surface area contributed by atoms with Crippen molar-refractivity contribution in [2.75, 3.05) is 19.6 Å². The molecular formula is C22H26N2O2. The molecule has 1 aromatic heterocycles. The van der Waals surface area contributed by atoms with Gasteiger partial charge >= 0.3 is 0 Å². The van der Waals surface area contributed by atoms with Gasteiger partial charge < -0.3 is 9.47 Å². The molecule has 136 valence electrons. The second kappa shape index (κ2) is 7.42. The molecule has 4 heteroatoms. The van der Waals surface area contributed by atoms with Crippen LogP contribution < -0.4 is 0 Å². The molecule has 1 heterocycles. The number of benzene rings is 2. The van der Waals surface area contributed by atoms with Crippen molar-refractivity contribution in [3.8, 4) is 0 Å². The van der Waals surface area contributed by atoms with Crippen LogP contribution in [0.25, 0.3) is 21.8 Å². The molecule has 26 heavy (non-hydrogen) atoms. The third-order valence-electron chi connectivity index (χ3n) is 5.21. The molecule has 3 aromatic rings. The third-order valence-corrected chi connectivity index (χ3v) is 5.21. The molecule has 0 radical (unpaired) electrons. The van der Waals surface area contributed by atoms with Gasteiger partial charge in [0, 0.05) is 46.0 Å². The van der Waals surface area contributed by atoms with Gasteiger partial charge in [0.25, 0.3) is 0 Å². The van der Waals surface area contributed by atoms with Crippen LogP contribution in [0, 0.1) is 0 Å². The van der Waals surface area contributed by atoms with E-state index in [4.69, 9.17) is 0 Å². The Morgan fingerprint density at radius 1 is 0.846 bits per heavy atom. The molecule has 0 aliphatic rings. The molecule has 0 aliphatic carbocycles. The van der Waals surface area contributed by atoms with Crippen molar-refractivity contribution in [1.82, 2.24) is 9.47 Å². The monoisotopic (exact) mass is 350 g/mol. The van der Waals surface area contributed by atoms with Crippen molar-refractivity contribution in [3.63, 3.8) is 0 Å². The smallest absolute Gasteiger partial charge is 0.159 e. The molecule has 4 nitrogen and oxygen atoms in total. The number of carbonyl (C=O) groups excluding carboxylic acids is 2. The summed E-state index contributed by atoms with van der Waals surface area (Å²) in [5.74, 6) is 0.109. The lowest BCUT2D eigenvalue weighted by Crippen LogP contribution is -2.26. The number of nitrogens with zero attached hydrogens (tertiary/aromatic N) is 2. The van der Waals surface area contributed by atoms with Crippen LogP contribution in [0.5, 0.6) is 0 Å². The van der Waals surface area contributed by atoms with E-state index in [0.717, 1.165) is 48.0 Å². The first-order valence-corrected chi connectivity index (χ1v) is 9.26. The predicted octanol–water partition coefficient (Wildman–Crippen LogP) is 4.54. The molecule has 0 saturated heterocycles. The zero-order valence-electron chi connectivity index (χ0n) is 16.0. The normalized spacial score (nSPS) is 11.6. The topological polar surface area (TPSA) is 42.3 Å². The van der Waals surface area contributed by atoms with Crippen LogP contribution >= 0.6 is 0 Å². The summed E-state index contributed by atoms with van der Waals surface area (Å²) < 4.78 is 2.30. The summed E-state index contributed by atoms with van der Waals surface area (Å²) in [6.07, 6.45) is 0. The van der Waals surface area contributed by atoms with Gasteiger partial charge in [-0.3, -0.25) is 9.59 Å². The van der Waals surface area contributed by atoms with Crippen LogP contribution in [-0.4, -0.2) is 40.7 Å². The Labute approximate surface area is 154 Å². The summed E-state index contributed by atoms with van der Waals surface area (Å²) in [4.78, 5) is 26.1. The van der Waals surface area contributed by atoms with E-state index in [1.54, 1.807) is 13.8 Å². The molecular weight excluding hydrogens is 324 g/mol. The second-order valence-electron chi connectivity index (χ2n) is 6.75. The first-order valence-electron chi connectivity index (χ1n) is 9.26. The van der Waals surface area contributed by atoms with Gasteiger partial charge in [-0.05, 0) is 63.3 Å². The number of carbonyl (C=O) groups is 2. The Morgan fingerprint density at radius 2 is 1.31 bits per heavy atom. The standard InChI is InChI=1S/C22H26N2O2/c1-5-23(6-2)11-12-24-21-9-7-17(15(3)25)13-19(21)20-14-18(16(4)26)8-10-22(20)24/h7-10,13-14H,5-6,11-12H2,1-4H3. The average Bonchev–Trinajstić information content (AvgIpc) is 2.95. The van der Waals surface area contributed by atoms with E-state index in [2.05, 4.69) is 23.3 Å². The molecule has 0 saturated carbocycles. The fraction of sp³-hybridized carbons (Fsp3) is 0.364. The number of Topliss-reactive ketones (excluding diaryl/α,β-unsaturated/α-hetero) is 2. The molecule has 0 atom stereocenters. The number of rotatable bonds is 7. The molecule has 3 rings (SSSR count). The van der Waals surface area contributed by atoms with Gasteiger partial charge in [0.05, 0.1) is 0 Å². The fourth-order valence-electron chi connectivity index (χ4n) is 3.56. The number of likely N-dealkylation sites (N-methyl/N-ethyl adjacent to an activating group) is 1. The molecule has 0 unspecified atom stereocenters. The maximum Gasteiger partial charge on any atom is 0.159 e. The predicted molar refractivity (Wildman–Crippen MR) is 107 cm³/mol. The van der Waals surface area contributed by atoms with E-state index in [1.807, 2.05) is 36.4 Å². The average molecular weight is 350 g/mol. The van der Waals surface area contributed by atoms with Crippen molar-refractivity contribution in [1.29, 1.82) is 0 Å².